The molecule has 0 spiro atoms. The molecule has 2 aromatic rings. The van der Waals surface area contributed by atoms with Crippen molar-refractivity contribution in [3.8, 4) is 0 Å². The van der Waals surface area contributed by atoms with Crippen molar-refractivity contribution in [1.29, 1.82) is 0 Å². The summed E-state index contributed by atoms with van der Waals surface area (Å²) in [5.74, 6) is 0. The first-order valence-corrected chi connectivity index (χ1v) is 6.91. The predicted molar refractivity (Wildman–Crippen MR) is 79.2 cm³/mol. The van der Waals surface area contributed by atoms with E-state index in [-0.39, 0.29) is 0 Å². The van der Waals surface area contributed by atoms with Crippen molar-refractivity contribution in [2.24, 2.45) is 7.05 Å². The van der Waals surface area contributed by atoms with E-state index in [9.17, 15) is 0 Å². The molecule has 1 N–H and O–H groups in total. The number of nitrogens with zero attached hydrogens (tertiary/aromatic N) is 2. The van der Waals surface area contributed by atoms with Gasteiger partial charge in [0.25, 0.3) is 0 Å². The quantitative estimate of drug-likeness (QED) is 0.806. The molecule has 0 unspecified atom stereocenters. The van der Waals surface area contributed by atoms with Crippen LogP contribution in [-0.2, 0) is 20.0 Å². The van der Waals surface area contributed by atoms with Crippen molar-refractivity contribution < 1.29 is 0 Å². The number of benzene rings is 1. The predicted octanol–water partition coefficient (Wildman–Crippen LogP) is 2.76. The van der Waals surface area contributed by atoms with Crippen LogP contribution in [0.3, 0.4) is 0 Å². The summed E-state index contributed by atoms with van der Waals surface area (Å²) in [5.41, 5.74) is 5.39. The highest BCUT2D eigenvalue weighted by Crippen LogP contribution is 2.09. The molecule has 2 rings (SSSR count). The molecule has 102 valence electrons. The average molecular weight is 257 g/mol. The normalized spacial score (nSPS) is 10.9. The van der Waals surface area contributed by atoms with Gasteiger partial charge in [-0.15, -0.1) is 0 Å². The fraction of sp³-hybridized carbons (Fsp3) is 0.438. The number of aromatic nitrogens is 2. The third-order valence-electron chi connectivity index (χ3n) is 3.71. The fourth-order valence-electron chi connectivity index (χ4n) is 2.24. The standard InChI is InChI=1S/C16H23N3/c1-13-7-4-5-8-15(13)9-6-10-17-11-16-12-18-19(3)14(16)2/h4-5,7-8,12,17H,6,9-11H2,1-3H3. The second kappa shape index (κ2) is 6.53. The zero-order valence-electron chi connectivity index (χ0n) is 12.1. The minimum atomic E-state index is 0.910. The van der Waals surface area contributed by atoms with Gasteiger partial charge in [-0.1, -0.05) is 24.3 Å². The molecular weight excluding hydrogens is 234 g/mol. The second-order valence-electron chi connectivity index (χ2n) is 5.09. The topological polar surface area (TPSA) is 29.9 Å². The zero-order chi connectivity index (χ0) is 13.7. The van der Waals surface area contributed by atoms with Crippen molar-refractivity contribution in [2.45, 2.75) is 33.2 Å². The molecule has 0 bridgehead atoms. The molecule has 19 heavy (non-hydrogen) atoms. The summed E-state index contributed by atoms with van der Waals surface area (Å²) in [6.45, 7) is 6.25. The average Bonchev–Trinajstić information content (AvgIpc) is 2.72. The summed E-state index contributed by atoms with van der Waals surface area (Å²) < 4.78 is 1.92. The van der Waals surface area contributed by atoms with Crippen LogP contribution in [0.4, 0.5) is 0 Å². The van der Waals surface area contributed by atoms with Gasteiger partial charge in [-0.05, 0) is 44.4 Å². The van der Waals surface area contributed by atoms with Gasteiger partial charge in [-0.3, -0.25) is 4.68 Å². The lowest BCUT2D eigenvalue weighted by molar-refractivity contribution is 0.645. The Morgan fingerprint density at radius 3 is 2.63 bits per heavy atom. The lowest BCUT2D eigenvalue weighted by Crippen LogP contribution is -2.16. The number of hydrogen-bond donors (Lipinski definition) is 1. The van der Waals surface area contributed by atoms with Crippen LogP contribution < -0.4 is 5.32 Å². The van der Waals surface area contributed by atoms with Crippen LogP contribution >= 0.6 is 0 Å². The molecule has 0 saturated heterocycles. The van der Waals surface area contributed by atoms with E-state index in [1.165, 1.54) is 28.8 Å². The summed E-state index contributed by atoms with van der Waals surface area (Å²) in [6, 6.07) is 8.62. The Hall–Kier alpha value is -1.61. The van der Waals surface area contributed by atoms with E-state index in [1.54, 1.807) is 0 Å². The molecule has 0 amide bonds. The van der Waals surface area contributed by atoms with Crippen LogP contribution in [0.2, 0.25) is 0 Å². The number of nitrogens with one attached hydrogen (secondary N) is 1. The van der Waals surface area contributed by atoms with Gasteiger partial charge in [0.05, 0.1) is 6.20 Å². The van der Waals surface area contributed by atoms with Crippen LogP contribution in [0.25, 0.3) is 0 Å². The van der Waals surface area contributed by atoms with E-state index in [0.29, 0.717) is 0 Å². The van der Waals surface area contributed by atoms with Crippen molar-refractivity contribution in [2.75, 3.05) is 6.54 Å². The maximum Gasteiger partial charge on any atom is 0.0537 e. The Kier molecular flexibility index (Phi) is 4.74. The summed E-state index contributed by atoms with van der Waals surface area (Å²) in [5, 5.41) is 7.74. The van der Waals surface area contributed by atoms with E-state index in [2.05, 4.69) is 48.5 Å². The first-order chi connectivity index (χ1) is 9.18. The third kappa shape index (κ3) is 3.67. The van der Waals surface area contributed by atoms with Gasteiger partial charge in [0.1, 0.15) is 0 Å². The van der Waals surface area contributed by atoms with Crippen LogP contribution in [0.15, 0.2) is 30.5 Å². The molecule has 0 aliphatic carbocycles. The van der Waals surface area contributed by atoms with E-state index in [1.807, 2.05) is 17.9 Å². The van der Waals surface area contributed by atoms with Crippen LogP contribution in [0.1, 0.15) is 28.8 Å². The summed E-state index contributed by atoms with van der Waals surface area (Å²) >= 11 is 0. The first-order valence-electron chi connectivity index (χ1n) is 6.91. The highest BCUT2D eigenvalue weighted by atomic mass is 15.3. The van der Waals surface area contributed by atoms with Crippen LogP contribution in [0.5, 0.6) is 0 Å². The molecule has 0 atom stereocenters. The highest BCUT2D eigenvalue weighted by Gasteiger charge is 2.02. The van der Waals surface area contributed by atoms with Crippen molar-refractivity contribution in [3.05, 3.63) is 52.8 Å². The minimum Gasteiger partial charge on any atom is -0.313 e. The van der Waals surface area contributed by atoms with E-state index in [4.69, 9.17) is 0 Å². The lowest BCUT2D eigenvalue weighted by atomic mass is 10.0. The van der Waals surface area contributed by atoms with Gasteiger partial charge in [0.2, 0.25) is 0 Å². The molecule has 1 aromatic carbocycles. The van der Waals surface area contributed by atoms with Crippen LogP contribution in [-0.4, -0.2) is 16.3 Å². The monoisotopic (exact) mass is 257 g/mol. The fourth-order valence-corrected chi connectivity index (χ4v) is 2.24. The molecule has 1 heterocycles. The Morgan fingerprint density at radius 2 is 1.95 bits per heavy atom. The van der Waals surface area contributed by atoms with Gasteiger partial charge < -0.3 is 5.32 Å². The maximum absolute atomic E-state index is 4.25. The molecule has 0 saturated carbocycles. The van der Waals surface area contributed by atoms with E-state index in [0.717, 1.165) is 19.5 Å². The van der Waals surface area contributed by atoms with Gasteiger partial charge in [-0.2, -0.15) is 5.10 Å². The Bertz CT molecular complexity index is 529. The molecule has 0 fully saturated rings. The molecular formula is C16H23N3. The highest BCUT2D eigenvalue weighted by molar-refractivity contribution is 5.25. The van der Waals surface area contributed by atoms with Gasteiger partial charge in [0.15, 0.2) is 0 Å². The number of aryl methyl sites for hydroxylation is 3. The molecule has 0 aliphatic heterocycles. The smallest absolute Gasteiger partial charge is 0.0537 e. The largest absolute Gasteiger partial charge is 0.313 e. The van der Waals surface area contributed by atoms with Crippen LogP contribution in [0, 0.1) is 13.8 Å². The second-order valence-corrected chi connectivity index (χ2v) is 5.09. The molecule has 3 heteroatoms. The first kappa shape index (κ1) is 13.8. The molecule has 0 aliphatic rings. The number of rotatable bonds is 6. The molecule has 0 radical (unpaired) electrons. The zero-order valence-corrected chi connectivity index (χ0v) is 12.1. The van der Waals surface area contributed by atoms with Gasteiger partial charge in [0, 0.05) is 24.8 Å². The molecule has 1 aromatic heterocycles. The minimum absolute atomic E-state index is 0.910. The summed E-state index contributed by atoms with van der Waals surface area (Å²) in [6.07, 6.45) is 4.26. The SMILES string of the molecule is Cc1ccccc1CCCNCc1cnn(C)c1C. The maximum atomic E-state index is 4.25. The number of hydrogen-bond acceptors (Lipinski definition) is 2. The van der Waals surface area contributed by atoms with E-state index < -0.39 is 0 Å². The Morgan fingerprint density at radius 1 is 1.16 bits per heavy atom. The van der Waals surface area contributed by atoms with Crippen molar-refractivity contribution in [1.82, 2.24) is 15.1 Å². The van der Waals surface area contributed by atoms with Crippen molar-refractivity contribution >= 4 is 0 Å². The van der Waals surface area contributed by atoms with Crippen molar-refractivity contribution in [3.63, 3.8) is 0 Å². The molecule has 3 nitrogen and oxygen atoms in total. The Labute approximate surface area is 115 Å². The van der Waals surface area contributed by atoms with Gasteiger partial charge in [-0.25, -0.2) is 0 Å². The Balaban J connectivity index is 1.70. The third-order valence-corrected chi connectivity index (χ3v) is 3.71. The van der Waals surface area contributed by atoms with Gasteiger partial charge >= 0.3 is 0 Å². The summed E-state index contributed by atoms with van der Waals surface area (Å²) in [4.78, 5) is 0. The lowest BCUT2D eigenvalue weighted by Gasteiger charge is -2.07. The van der Waals surface area contributed by atoms with E-state index >= 15 is 0 Å². The summed E-state index contributed by atoms with van der Waals surface area (Å²) in [7, 11) is 1.98.